The van der Waals surface area contributed by atoms with Crippen LogP contribution < -0.4 is 10.3 Å². The van der Waals surface area contributed by atoms with Crippen LogP contribution in [0, 0.1) is 0 Å². The third-order valence-electron chi connectivity index (χ3n) is 4.85. The number of anilines is 1. The van der Waals surface area contributed by atoms with Crippen LogP contribution in [0.1, 0.15) is 23.6 Å². The summed E-state index contributed by atoms with van der Waals surface area (Å²) in [5.74, 6) is 0. The fourth-order valence-electron chi connectivity index (χ4n) is 3.28. The lowest BCUT2D eigenvalue weighted by Gasteiger charge is -2.38. The minimum atomic E-state index is -6.22. The summed E-state index contributed by atoms with van der Waals surface area (Å²) in [5.41, 5.74) is -3.62. The first kappa shape index (κ1) is 22.8. The van der Waals surface area contributed by atoms with Gasteiger partial charge in [-0.15, -0.1) is 0 Å². The summed E-state index contributed by atoms with van der Waals surface area (Å²) in [6, 6.07) is 4.63. The van der Waals surface area contributed by atoms with Crippen LogP contribution >= 0.6 is 0 Å². The Hall–Kier alpha value is -2.89. The van der Waals surface area contributed by atoms with Gasteiger partial charge in [-0.3, -0.25) is 14.9 Å². The van der Waals surface area contributed by atoms with Crippen LogP contribution in [0.15, 0.2) is 42.7 Å². The predicted octanol–water partition coefficient (Wildman–Crippen LogP) is 4.84. The van der Waals surface area contributed by atoms with Gasteiger partial charge in [-0.2, -0.15) is 26.3 Å². The van der Waals surface area contributed by atoms with E-state index in [1.54, 1.807) is 19.1 Å². The number of nitrogens with one attached hydrogen (secondary N) is 1. The minimum absolute atomic E-state index is 0.0619. The van der Waals surface area contributed by atoms with Crippen LogP contribution in [0.3, 0.4) is 0 Å². The van der Waals surface area contributed by atoms with Gasteiger partial charge in [0.15, 0.2) is 0 Å². The maximum absolute atomic E-state index is 14.5. The normalized spacial score (nSPS) is 15.3. The Morgan fingerprint density at radius 3 is 2.29 bits per heavy atom. The highest BCUT2D eigenvalue weighted by Gasteiger charge is 2.73. The fraction of sp³-hybridized carbons (Fsp3) is 0.368. The summed E-state index contributed by atoms with van der Waals surface area (Å²) < 4.78 is 93.2. The van der Waals surface area contributed by atoms with E-state index in [2.05, 4.69) is 10.4 Å². The third kappa shape index (κ3) is 4.03. The number of carbonyl (C=O) groups is 1. The summed E-state index contributed by atoms with van der Waals surface area (Å²) in [7, 11) is 0. The predicted molar refractivity (Wildman–Crippen MR) is 96.4 cm³/mol. The Balaban J connectivity index is 1.98. The molecular weight excluding hydrogens is 433 g/mol. The molecule has 1 aliphatic heterocycles. The number of urea groups is 1. The molecule has 0 radical (unpaired) electrons. The number of hydrazine groups is 1. The second-order valence-electron chi connectivity index (χ2n) is 6.81. The van der Waals surface area contributed by atoms with E-state index in [1.807, 2.05) is 0 Å². The summed E-state index contributed by atoms with van der Waals surface area (Å²) in [6.45, 7) is 1.45. The molecular formula is C19H17F7N4O. The van der Waals surface area contributed by atoms with Crippen LogP contribution in [0.4, 0.5) is 41.2 Å². The van der Waals surface area contributed by atoms with Crippen molar-refractivity contribution in [2.24, 2.45) is 0 Å². The zero-order valence-corrected chi connectivity index (χ0v) is 16.1. The number of hydrogen-bond donors (Lipinski definition) is 1. The highest BCUT2D eigenvalue weighted by molar-refractivity contribution is 5.94. The van der Waals surface area contributed by atoms with Crippen LogP contribution in [-0.2, 0) is 18.8 Å². The number of hydrogen-bond acceptors (Lipinski definition) is 3. The number of fused-ring (bicyclic) bond motifs is 1. The lowest BCUT2D eigenvalue weighted by molar-refractivity contribution is -0.348. The number of alkyl halides is 7. The molecule has 31 heavy (non-hydrogen) atoms. The van der Waals surface area contributed by atoms with E-state index in [1.165, 1.54) is 17.3 Å². The van der Waals surface area contributed by atoms with Crippen molar-refractivity contribution < 1.29 is 35.5 Å². The molecule has 0 spiro atoms. The van der Waals surface area contributed by atoms with E-state index in [0.29, 0.717) is 17.7 Å². The van der Waals surface area contributed by atoms with Gasteiger partial charge in [0, 0.05) is 31.0 Å². The molecule has 0 saturated carbocycles. The zero-order valence-electron chi connectivity index (χ0n) is 16.1. The Morgan fingerprint density at radius 1 is 1.06 bits per heavy atom. The van der Waals surface area contributed by atoms with Gasteiger partial charge in [-0.25, -0.2) is 14.6 Å². The number of benzene rings is 1. The van der Waals surface area contributed by atoms with E-state index < -0.39 is 29.6 Å². The highest BCUT2D eigenvalue weighted by Crippen LogP contribution is 2.53. The molecule has 2 aromatic rings. The first-order valence-corrected chi connectivity index (χ1v) is 9.07. The Labute approximate surface area is 172 Å². The second-order valence-corrected chi connectivity index (χ2v) is 6.81. The van der Waals surface area contributed by atoms with Crippen molar-refractivity contribution in [3.8, 4) is 0 Å². The van der Waals surface area contributed by atoms with Crippen molar-refractivity contribution in [3.63, 3.8) is 0 Å². The minimum Gasteiger partial charge on any atom is -0.293 e. The van der Waals surface area contributed by atoms with Crippen molar-refractivity contribution in [1.29, 1.82) is 0 Å². The highest BCUT2D eigenvalue weighted by atomic mass is 19.4. The summed E-state index contributed by atoms with van der Waals surface area (Å²) in [4.78, 5) is 17.8. The summed E-state index contributed by atoms with van der Waals surface area (Å²) in [6.07, 6.45) is -9.37. The maximum Gasteiger partial charge on any atom is 0.435 e. The summed E-state index contributed by atoms with van der Waals surface area (Å²) >= 11 is 0. The number of halogens is 7. The lowest BCUT2D eigenvalue weighted by Crippen LogP contribution is -2.53. The molecule has 1 aromatic heterocycles. The number of amides is 2. The van der Waals surface area contributed by atoms with Gasteiger partial charge in [0.05, 0.1) is 12.2 Å². The first-order valence-electron chi connectivity index (χ1n) is 9.07. The van der Waals surface area contributed by atoms with Crippen LogP contribution in [0.5, 0.6) is 0 Å². The van der Waals surface area contributed by atoms with Crippen molar-refractivity contribution in [3.05, 3.63) is 59.4 Å². The van der Waals surface area contributed by atoms with Gasteiger partial charge >= 0.3 is 24.1 Å². The lowest BCUT2D eigenvalue weighted by atomic mass is 9.91. The Kier molecular flexibility index (Phi) is 5.87. The quantitative estimate of drug-likeness (QED) is 0.664. The molecule has 0 atom stereocenters. The molecule has 0 aliphatic carbocycles. The first-order chi connectivity index (χ1) is 14.4. The zero-order chi connectivity index (χ0) is 23.0. The number of carbonyl (C=O) groups excluding carboxylic acids is 1. The average Bonchev–Trinajstić information content (AvgIpc) is 2.70. The number of rotatable bonds is 5. The van der Waals surface area contributed by atoms with Gasteiger partial charge in [-0.05, 0) is 36.2 Å². The Morgan fingerprint density at radius 2 is 1.74 bits per heavy atom. The molecule has 0 saturated heterocycles. The number of nitrogens with zero attached hydrogens (tertiary/aromatic N) is 3. The van der Waals surface area contributed by atoms with E-state index in [9.17, 15) is 35.5 Å². The van der Waals surface area contributed by atoms with Crippen LogP contribution in [0.2, 0.25) is 0 Å². The monoisotopic (exact) mass is 450 g/mol. The average molecular weight is 450 g/mol. The van der Waals surface area contributed by atoms with Crippen LogP contribution in [-0.4, -0.2) is 34.9 Å². The van der Waals surface area contributed by atoms with E-state index in [-0.39, 0.29) is 30.9 Å². The van der Waals surface area contributed by atoms with Crippen molar-refractivity contribution >= 4 is 11.7 Å². The van der Waals surface area contributed by atoms with Gasteiger partial charge in [0.2, 0.25) is 0 Å². The standard InChI is InChI=1S/C19H17F7N4O/c1-2-29-15-6-5-14(17(20,18(21,22)23)19(24,25)26)8-13(15)11-30(16(29)31)28-10-12-4-3-7-27-9-12/h3-9,28H,2,10-11H2,1H3. The third-order valence-corrected chi connectivity index (χ3v) is 4.85. The summed E-state index contributed by atoms with van der Waals surface area (Å²) in [5, 5.41) is 1.05. The van der Waals surface area contributed by atoms with Crippen molar-refractivity contribution in [1.82, 2.24) is 15.4 Å². The molecule has 1 aliphatic rings. The topological polar surface area (TPSA) is 48.5 Å². The Bertz CT molecular complexity index is 933. The maximum atomic E-state index is 14.5. The molecule has 0 unspecified atom stereocenters. The van der Waals surface area contributed by atoms with Gasteiger partial charge < -0.3 is 0 Å². The van der Waals surface area contributed by atoms with E-state index in [0.717, 1.165) is 11.1 Å². The van der Waals surface area contributed by atoms with Gasteiger partial charge in [0.25, 0.3) is 0 Å². The smallest absolute Gasteiger partial charge is 0.293 e. The molecule has 2 heterocycles. The molecule has 1 N–H and O–H groups in total. The SMILES string of the molecule is CCN1C(=O)N(NCc2cccnc2)Cc2cc(C(F)(C(F)(F)F)C(F)(F)F)ccc21. The molecule has 12 heteroatoms. The fourth-order valence-corrected chi connectivity index (χ4v) is 3.28. The van der Waals surface area contributed by atoms with Crippen LogP contribution in [0.25, 0.3) is 0 Å². The van der Waals surface area contributed by atoms with Crippen molar-refractivity contribution in [2.45, 2.75) is 38.0 Å². The van der Waals surface area contributed by atoms with E-state index in [4.69, 9.17) is 0 Å². The molecule has 0 fully saturated rings. The number of pyridine rings is 1. The molecule has 3 rings (SSSR count). The van der Waals surface area contributed by atoms with Gasteiger partial charge in [-0.1, -0.05) is 12.1 Å². The molecule has 0 bridgehead atoms. The van der Waals surface area contributed by atoms with Crippen molar-refractivity contribution in [2.75, 3.05) is 11.4 Å². The number of aromatic nitrogens is 1. The molecule has 2 amide bonds. The largest absolute Gasteiger partial charge is 0.435 e. The molecule has 1 aromatic carbocycles. The molecule has 5 nitrogen and oxygen atoms in total. The second kappa shape index (κ2) is 7.98. The van der Waals surface area contributed by atoms with Gasteiger partial charge in [0.1, 0.15) is 0 Å². The molecule has 168 valence electrons. The van der Waals surface area contributed by atoms with E-state index >= 15 is 0 Å².